The molecular formula is C17H19NO2S. The van der Waals surface area contributed by atoms with Crippen LogP contribution in [0, 0.1) is 0 Å². The highest BCUT2D eigenvalue weighted by atomic mass is 32.1. The van der Waals surface area contributed by atoms with Crippen LogP contribution in [0.2, 0.25) is 0 Å². The third-order valence-electron chi connectivity index (χ3n) is 4.27. The van der Waals surface area contributed by atoms with Crippen molar-refractivity contribution in [3.63, 3.8) is 0 Å². The molecule has 1 saturated carbocycles. The molecule has 0 aromatic carbocycles. The van der Waals surface area contributed by atoms with Crippen molar-refractivity contribution in [2.45, 2.75) is 31.1 Å². The molecule has 1 N–H and O–H groups in total. The molecule has 1 aliphatic carbocycles. The predicted molar refractivity (Wildman–Crippen MR) is 85.2 cm³/mol. The second-order valence-corrected chi connectivity index (χ2v) is 6.39. The topological polar surface area (TPSA) is 42.2 Å². The first-order valence-corrected chi connectivity index (χ1v) is 8.24. The van der Waals surface area contributed by atoms with Gasteiger partial charge in [0.15, 0.2) is 0 Å². The van der Waals surface area contributed by atoms with Crippen molar-refractivity contribution in [2.75, 3.05) is 6.54 Å². The van der Waals surface area contributed by atoms with E-state index in [-0.39, 0.29) is 11.3 Å². The molecule has 0 radical (unpaired) electrons. The van der Waals surface area contributed by atoms with Crippen LogP contribution < -0.4 is 5.32 Å². The number of furan rings is 1. The van der Waals surface area contributed by atoms with E-state index < -0.39 is 0 Å². The first-order valence-electron chi connectivity index (χ1n) is 7.29. The lowest BCUT2D eigenvalue weighted by molar-refractivity contribution is -0.116. The lowest BCUT2D eigenvalue weighted by atomic mass is 9.80. The summed E-state index contributed by atoms with van der Waals surface area (Å²) in [5.74, 6) is -0.0438. The number of hydrogen-bond acceptors (Lipinski definition) is 3. The molecule has 2 aromatic heterocycles. The van der Waals surface area contributed by atoms with Gasteiger partial charge in [-0.15, -0.1) is 0 Å². The predicted octanol–water partition coefficient (Wildman–Crippen LogP) is 3.98. The summed E-state index contributed by atoms with van der Waals surface area (Å²) in [6, 6.07) is 4.02. The molecule has 1 aliphatic rings. The fourth-order valence-corrected chi connectivity index (χ4v) is 3.82. The summed E-state index contributed by atoms with van der Waals surface area (Å²) >= 11 is 1.73. The summed E-state index contributed by atoms with van der Waals surface area (Å²) in [4.78, 5) is 12.0. The minimum atomic E-state index is -0.0438. The largest absolute Gasteiger partial charge is 0.472 e. The van der Waals surface area contributed by atoms with Gasteiger partial charge in [-0.05, 0) is 47.4 Å². The van der Waals surface area contributed by atoms with Gasteiger partial charge in [-0.2, -0.15) is 11.3 Å². The smallest absolute Gasteiger partial charge is 0.244 e. The monoisotopic (exact) mass is 301 g/mol. The van der Waals surface area contributed by atoms with E-state index in [1.165, 1.54) is 18.4 Å². The van der Waals surface area contributed by atoms with Crippen molar-refractivity contribution in [3.8, 4) is 0 Å². The van der Waals surface area contributed by atoms with Crippen LogP contribution in [0.25, 0.3) is 6.08 Å². The van der Waals surface area contributed by atoms with Gasteiger partial charge in [0.05, 0.1) is 12.5 Å². The molecular weight excluding hydrogens is 282 g/mol. The van der Waals surface area contributed by atoms with Gasteiger partial charge in [-0.1, -0.05) is 12.8 Å². The normalized spacial score (nSPS) is 17.3. The maximum Gasteiger partial charge on any atom is 0.244 e. The quantitative estimate of drug-likeness (QED) is 0.849. The summed E-state index contributed by atoms with van der Waals surface area (Å²) < 4.78 is 4.97. The minimum Gasteiger partial charge on any atom is -0.472 e. The number of carbonyl (C=O) groups is 1. The van der Waals surface area contributed by atoms with Crippen LogP contribution in [0.1, 0.15) is 36.8 Å². The summed E-state index contributed by atoms with van der Waals surface area (Å²) in [7, 11) is 0. The fourth-order valence-electron chi connectivity index (χ4n) is 3.04. The van der Waals surface area contributed by atoms with Gasteiger partial charge in [0, 0.05) is 23.6 Å². The molecule has 0 bridgehead atoms. The molecule has 0 unspecified atom stereocenters. The molecule has 0 spiro atoms. The molecule has 2 heterocycles. The Labute approximate surface area is 128 Å². The molecule has 21 heavy (non-hydrogen) atoms. The Morgan fingerprint density at radius 2 is 2.24 bits per heavy atom. The van der Waals surface area contributed by atoms with Crippen LogP contribution in [0.4, 0.5) is 0 Å². The molecule has 0 atom stereocenters. The van der Waals surface area contributed by atoms with Gasteiger partial charge in [0.1, 0.15) is 0 Å². The lowest BCUT2D eigenvalue weighted by Gasteiger charge is -2.28. The van der Waals surface area contributed by atoms with Gasteiger partial charge < -0.3 is 9.73 Å². The van der Waals surface area contributed by atoms with E-state index in [0.717, 1.165) is 24.9 Å². The van der Waals surface area contributed by atoms with Crippen LogP contribution >= 0.6 is 11.3 Å². The van der Waals surface area contributed by atoms with Crippen molar-refractivity contribution in [3.05, 3.63) is 52.6 Å². The molecule has 3 nitrogen and oxygen atoms in total. The van der Waals surface area contributed by atoms with Crippen LogP contribution in [-0.2, 0) is 10.2 Å². The highest BCUT2D eigenvalue weighted by molar-refractivity contribution is 7.08. The van der Waals surface area contributed by atoms with Crippen LogP contribution in [0.5, 0.6) is 0 Å². The zero-order valence-corrected chi connectivity index (χ0v) is 12.7. The molecule has 1 fully saturated rings. The van der Waals surface area contributed by atoms with Crippen molar-refractivity contribution in [1.29, 1.82) is 0 Å². The summed E-state index contributed by atoms with van der Waals surface area (Å²) in [5, 5.41) is 7.41. The van der Waals surface area contributed by atoms with Gasteiger partial charge in [0.2, 0.25) is 5.91 Å². The highest BCUT2D eigenvalue weighted by Gasteiger charge is 2.35. The zero-order valence-electron chi connectivity index (χ0n) is 11.9. The van der Waals surface area contributed by atoms with Gasteiger partial charge in [-0.3, -0.25) is 4.79 Å². The number of rotatable bonds is 5. The van der Waals surface area contributed by atoms with Crippen molar-refractivity contribution in [2.24, 2.45) is 0 Å². The number of thiophene rings is 1. The molecule has 4 heteroatoms. The lowest BCUT2D eigenvalue weighted by Crippen LogP contribution is -2.38. The SMILES string of the molecule is O=C(/C=C/c1ccoc1)NCC1(c2ccsc2)CCCC1. The average Bonchev–Trinajstić information content (AvgIpc) is 3.25. The number of nitrogens with one attached hydrogen (secondary N) is 1. The Hall–Kier alpha value is -1.81. The first kappa shape index (κ1) is 14.1. The summed E-state index contributed by atoms with van der Waals surface area (Å²) in [5.41, 5.74) is 2.42. The van der Waals surface area contributed by atoms with E-state index in [9.17, 15) is 4.79 Å². The molecule has 110 valence electrons. The first-order chi connectivity index (χ1) is 10.3. The summed E-state index contributed by atoms with van der Waals surface area (Å²) in [6.45, 7) is 0.721. The van der Waals surface area contributed by atoms with E-state index in [4.69, 9.17) is 4.42 Å². The second kappa shape index (κ2) is 6.31. The van der Waals surface area contributed by atoms with Crippen LogP contribution in [-0.4, -0.2) is 12.5 Å². The van der Waals surface area contributed by atoms with Crippen LogP contribution in [0.3, 0.4) is 0 Å². The van der Waals surface area contributed by atoms with Crippen molar-refractivity contribution in [1.82, 2.24) is 5.32 Å². The molecule has 0 aliphatic heterocycles. The molecule has 2 aromatic rings. The number of hydrogen-bond donors (Lipinski definition) is 1. The van der Waals surface area contributed by atoms with E-state index in [2.05, 4.69) is 22.1 Å². The Kier molecular flexibility index (Phi) is 4.25. The van der Waals surface area contributed by atoms with E-state index >= 15 is 0 Å². The number of amides is 1. The van der Waals surface area contributed by atoms with Gasteiger partial charge in [0.25, 0.3) is 0 Å². The maximum atomic E-state index is 12.0. The highest BCUT2D eigenvalue weighted by Crippen LogP contribution is 2.41. The van der Waals surface area contributed by atoms with Crippen molar-refractivity contribution >= 4 is 23.3 Å². The standard InChI is InChI=1S/C17H19NO2S/c19-16(4-3-14-5-9-20-11-14)18-13-17(7-1-2-8-17)15-6-10-21-12-15/h3-6,9-12H,1-2,7-8,13H2,(H,18,19)/b4-3+. The summed E-state index contributed by atoms with van der Waals surface area (Å²) in [6.07, 6.45) is 11.4. The van der Waals surface area contributed by atoms with Crippen LogP contribution in [0.15, 0.2) is 45.9 Å². The molecule has 1 amide bonds. The Balaban J connectivity index is 1.61. The van der Waals surface area contributed by atoms with E-state index in [1.807, 2.05) is 6.07 Å². The third kappa shape index (κ3) is 3.27. The van der Waals surface area contributed by atoms with E-state index in [0.29, 0.717) is 0 Å². The van der Waals surface area contributed by atoms with Gasteiger partial charge in [-0.25, -0.2) is 0 Å². The third-order valence-corrected chi connectivity index (χ3v) is 4.95. The fraction of sp³-hybridized carbons (Fsp3) is 0.353. The minimum absolute atomic E-state index is 0.0438. The maximum absolute atomic E-state index is 12.0. The molecule has 3 rings (SSSR count). The molecule has 0 saturated heterocycles. The second-order valence-electron chi connectivity index (χ2n) is 5.61. The van der Waals surface area contributed by atoms with E-state index in [1.54, 1.807) is 36.0 Å². The zero-order chi connectivity index (χ0) is 14.5. The van der Waals surface area contributed by atoms with Crippen molar-refractivity contribution < 1.29 is 9.21 Å². The average molecular weight is 301 g/mol. The Bertz CT molecular complexity index is 593. The van der Waals surface area contributed by atoms with Gasteiger partial charge >= 0.3 is 0 Å². The Morgan fingerprint density at radius 3 is 2.90 bits per heavy atom. The Morgan fingerprint density at radius 1 is 1.38 bits per heavy atom. The number of carbonyl (C=O) groups excluding carboxylic acids is 1.